The predicted octanol–water partition coefficient (Wildman–Crippen LogP) is 5.12. The molecular formula is C33H46BrN3O4S. The normalized spacial score (nSPS) is 29.3. The summed E-state index contributed by atoms with van der Waals surface area (Å²) in [5.74, 6) is -1.65. The van der Waals surface area contributed by atoms with Gasteiger partial charge in [-0.25, -0.2) is 0 Å². The fraction of sp³-hybridized carbons (Fsp3) is 0.606. The van der Waals surface area contributed by atoms with Crippen LogP contribution in [0.15, 0.2) is 43.5 Å². The SMILES string of the molecule is C=CCN(CCC)C(=O)[C@H]1[C@@H]2SC3(CC2Br)C(C(=O)N(CC=C)c2c(C)cccc2C)N([C@@H](CO)[C@@H](C)CC)C(=O)[C@H]13. The van der Waals surface area contributed by atoms with Crippen molar-refractivity contribution < 1.29 is 19.5 Å². The standard InChI is InChI=1S/C33H46BrN3O4S/c1-8-15-35(16-9-2)30(39)25-26-31(40)37(24(19-38)20(5)11-4)29(33(26)18-23(34)28(25)42-33)32(41)36(17-10-3)27-21(6)13-12-14-22(27)7/h8,10,12-14,20,23-26,28-29,38H,1,3,9,11,15-19H2,2,4-7H3/t20-,23?,24-,25+,26-,28+,29?,33?/m0/s1. The summed E-state index contributed by atoms with van der Waals surface area (Å²) in [5, 5.41) is 10.6. The topological polar surface area (TPSA) is 81.2 Å². The lowest BCUT2D eigenvalue weighted by molar-refractivity contribution is -0.146. The van der Waals surface area contributed by atoms with Crippen molar-refractivity contribution in [1.82, 2.24) is 9.80 Å². The maximum Gasteiger partial charge on any atom is 0.251 e. The molecule has 3 fully saturated rings. The number of carbonyl (C=O) groups excluding carboxylic acids is 3. The summed E-state index contributed by atoms with van der Waals surface area (Å²) in [7, 11) is 0. The molecule has 1 aromatic rings. The Morgan fingerprint density at radius 1 is 1.19 bits per heavy atom. The molecule has 3 aliphatic rings. The average Bonchev–Trinajstić information content (AvgIpc) is 3.55. The smallest absolute Gasteiger partial charge is 0.251 e. The number of para-hydroxylation sites is 1. The number of hydrogen-bond acceptors (Lipinski definition) is 5. The molecule has 4 rings (SSSR count). The zero-order valence-corrected chi connectivity index (χ0v) is 28.0. The fourth-order valence-corrected chi connectivity index (χ4v) is 11.1. The third-order valence-corrected chi connectivity index (χ3v) is 12.8. The lowest BCUT2D eigenvalue weighted by Crippen LogP contribution is -2.59. The molecule has 7 nitrogen and oxygen atoms in total. The van der Waals surface area contributed by atoms with Gasteiger partial charge in [-0.15, -0.1) is 24.9 Å². The number of carbonyl (C=O) groups is 3. The summed E-state index contributed by atoms with van der Waals surface area (Å²) in [4.78, 5) is 49.2. The van der Waals surface area contributed by atoms with Crippen LogP contribution in [0.3, 0.4) is 0 Å². The van der Waals surface area contributed by atoms with Crippen LogP contribution in [0.4, 0.5) is 5.69 Å². The number of amides is 3. The van der Waals surface area contributed by atoms with Gasteiger partial charge in [0.25, 0.3) is 5.91 Å². The molecule has 230 valence electrons. The van der Waals surface area contributed by atoms with Gasteiger partial charge in [0, 0.05) is 35.4 Å². The summed E-state index contributed by atoms with van der Waals surface area (Å²) >= 11 is 5.52. The van der Waals surface area contributed by atoms with Crippen molar-refractivity contribution in [3.8, 4) is 0 Å². The van der Waals surface area contributed by atoms with Crippen LogP contribution < -0.4 is 4.90 Å². The molecule has 1 aromatic carbocycles. The summed E-state index contributed by atoms with van der Waals surface area (Å²) in [5.41, 5.74) is 2.75. The molecule has 3 heterocycles. The number of hydrogen-bond donors (Lipinski definition) is 1. The number of thioether (sulfide) groups is 1. The number of likely N-dealkylation sites (tertiary alicyclic amines) is 1. The van der Waals surface area contributed by atoms with Gasteiger partial charge in [-0.05, 0) is 43.7 Å². The molecule has 3 aliphatic heterocycles. The van der Waals surface area contributed by atoms with Crippen LogP contribution in [0.25, 0.3) is 0 Å². The molecule has 3 unspecified atom stereocenters. The molecule has 9 heteroatoms. The second-order valence-electron chi connectivity index (χ2n) is 12.1. The molecule has 1 N–H and O–H groups in total. The molecule has 0 aromatic heterocycles. The van der Waals surface area contributed by atoms with Crippen LogP contribution in [0.5, 0.6) is 0 Å². The number of aryl methyl sites for hydroxylation is 2. The van der Waals surface area contributed by atoms with E-state index in [0.29, 0.717) is 19.5 Å². The molecule has 1 spiro atoms. The largest absolute Gasteiger partial charge is 0.394 e. The third-order valence-electron chi connectivity index (χ3n) is 9.53. The number of halogens is 1. The Balaban J connectivity index is 1.90. The Morgan fingerprint density at radius 2 is 1.83 bits per heavy atom. The number of alkyl halides is 1. The van der Waals surface area contributed by atoms with Crippen molar-refractivity contribution in [3.63, 3.8) is 0 Å². The molecule has 2 bridgehead atoms. The second-order valence-corrected chi connectivity index (χ2v) is 14.8. The zero-order valence-electron chi connectivity index (χ0n) is 25.6. The van der Waals surface area contributed by atoms with E-state index in [9.17, 15) is 14.7 Å². The van der Waals surface area contributed by atoms with Gasteiger partial charge >= 0.3 is 0 Å². The Kier molecular flexibility index (Phi) is 10.4. The Morgan fingerprint density at radius 3 is 2.38 bits per heavy atom. The molecule has 3 amide bonds. The first-order chi connectivity index (χ1) is 20.0. The Hall–Kier alpha value is -2.10. The van der Waals surface area contributed by atoms with Gasteiger partial charge in [-0.1, -0.05) is 73.5 Å². The maximum absolute atomic E-state index is 15.0. The van der Waals surface area contributed by atoms with Crippen molar-refractivity contribution in [1.29, 1.82) is 0 Å². The van der Waals surface area contributed by atoms with E-state index in [1.165, 1.54) is 0 Å². The maximum atomic E-state index is 15.0. The first kappa shape index (κ1) is 32.8. The first-order valence-corrected chi connectivity index (χ1v) is 17.0. The summed E-state index contributed by atoms with van der Waals surface area (Å²) in [6, 6.07) is 4.58. The molecule has 42 heavy (non-hydrogen) atoms. The molecule has 3 saturated heterocycles. The van der Waals surface area contributed by atoms with Crippen LogP contribution in [0.1, 0.15) is 51.2 Å². The molecule has 8 atom stereocenters. The second kappa shape index (κ2) is 13.3. The fourth-order valence-electron chi connectivity index (χ4n) is 7.53. The predicted molar refractivity (Wildman–Crippen MR) is 175 cm³/mol. The molecule has 0 radical (unpaired) electrons. The van der Waals surface area contributed by atoms with Crippen molar-refractivity contribution in [2.24, 2.45) is 17.8 Å². The van der Waals surface area contributed by atoms with E-state index in [1.807, 2.05) is 52.8 Å². The number of fused-ring (bicyclic) bond motifs is 1. The Labute approximate surface area is 263 Å². The monoisotopic (exact) mass is 659 g/mol. The van der Waals surface area contributed by atoms with Gasteiger partial charge in [-0.2, -0.15) is 0 Å². The minimum absolute atomic E-state index is 0.0211. The number of aliphatic hydroxyl groups is 1. The van der Waals surface area contributed by atoms with Crippen LogP contribution in [0, 0.1) is 31.6 Å². The highest BCUT2D eigenvalue weighted by Gasteiger charge is 2.76. The highest BCUT2D eigenvalue weighted by Crippen LogP contribution is 2.68. The van der Waals surface area contributed by atoms with E-state index in [0.717, 1.165) is 29.7 Å². The minimum Gasteiger partial charge on any atom is -0.394 e. The van der Waals surface area contributed by atoms with Gasteiger partial charge in [0.15, 0.2) is 0 Å². The highest BCUT2D eigenvalue weighted by molar-refractivity contribution is 9.09. The third kappa shape index (κ3) is 5.28. The van der Waals surface area contributed by atoms with Crippen molar-refractivity contribution in [2.45, 2.75) is 80.8 Å². The number of benzene rings is 1. The summed E-state index contributed by atoms with van der Waals surface area (Å²) < 4.78 is -0.795. The molecule has 0 saturated carbocycles. The molecule has 0 aliphatic carbocycles. The quantitative estimate of drug-likeness (QED) is 0.235. The van der Waals surface area contributed by atoms with Crippen molar-refractivity contribution in [3.05, 3.63) is 54.6 Å². The van der Waals surface area contributed by atoms with Crippen LogP contribution >= 0.6 is 27.7 Å². The van der Waals surface area contributed by atoms with Crippen LogP contribution in [0.2, 0.25) is 0 Å². The van der Waals surface area contributed by atoms with Crippen molar-refractivity contribution in [2.75, 3.05) is 31.1 Å². The lowest BCUT2D eigenvalue weighted by Gasteiger charge is -2.41. The summed E-state index contributed by atoms with van der Waals surface area (Å²) in [6.45, 7) is 18.9. The van der Waals surface area contributed by atoms with E-state index in [4.69, 9.17) is 0 Å². The first-order valence-electron chi connectivity index (χ1n) is 15.2. The number of nitrogens with zero attached hydrogens (tertiary/aromatic N) is 3. The number of rotatable bonds is 13. The number of anilines is 1. The van der Waals surface area contributed by atoms with E-state index in [2.05, 4.69) is 29.1 Å². The lowest BCUT2D eigenvalue weighted by atomic mass is 9.70. The van der Waals surface area contributed by atoms with Gasteiger partial charge in [-0.3, -0.25) is 14.4 Å². The zero-order chi connectivity index (χ0) is 30.9. The Bertz CT molecular complexity index is 1210. The highest BCUT2D eigenvalue weighted by atomic mass is 79.9. The molecular weight excluding hydrogens is 614 g/mol. The number of aliphatic hydroxyl groups excluding tert-OH is 1. The van der Waals surface area contributed by atoms with E-state index < -0.39 is 28.7 Å². The summed E-state index contributed by atoms with van der Waals surface area (Å²) in [6.07, 6.45) is 5.58. The van der Waals surface area contributed by atoms with Crippen LogP contribution in [-0.4, -0.2) is 85.8 Å². The van der Waals surface area contributed by atoms with Gasteiger partial charge in [0.2, 0.25) is 11.8 Å². The van der Waals surface area contributed by atoms with E-state index >= 15 is 4.79 Å². The van der Waals surface area contributed by atoms with E-state index in [1.54, 1.807) is 38.6 Å². The average molecular weight is 661 g/mol. The van der Waals surface area contributed by atoms with Crippen LogP contribution in [-0.2, 0) is 14.4 Å². The van der Waals surface area contributed by atoms with E-state index in [-0.39, 0.29) is 46.9 Å². The van der Waals surface area contributed by atoms with Crippen molar-refractivity contribution >= 4 is 51.1 Å². The van der Waals surface area contributed by atoms with Gasteiger partial charge in [0.1, 0.15) is 6.04 Å². The van der Waals surface area contributed by atoms with Gasteiger partial charge < -0.3 is 19.8 Å². The van der Waals surface area contributed by atoms with Gasteiger partial charge in [0.05, 0.1) is 29.2 Å². The minimum atomic E-state index is -0.827.